The van der Waals surface area contributed by atoms with E-state index in [0.29, 0.717) is 6.04 Å². The van der Waals surface area contributed by atoms with Crippen LogP contribution in [0.1, 0.15) is 11.6 Å². The number of ether oxygens (including phenoxy) is 1. The van der Waals surface area contributed by atoms with Crippen LogP contribution in [0.4, 0.5) is 0 Å². The van der Waals surface area contributed by atoms with Crippen molar-refractivity contribution in [2.75, 3.05) is 19.8 Å². The highest BCUT2D eigenvalue weighted by Crippen LogP contribution is 2.37. The van der Waals surface area contributed by atoms with Crippen LogP contribution in [0.3, 0.4) is 0 Å². The van der Waals surface area contributed by atoms with Crippen molar-refractivity contribution in [2.45, 2.75) is 6.04 Å². The molecule has 1 heterocycles. The average Bonchev–Trinajstić information content (AvgIpc) is 2.60. The second-order valence-electron chi connectivity index (χ2n) is 6.09. The molecule has 0 radical (unpaired) electrons. The number of hydrogen-bond donors (Lipinski definition) is 1. The zero-order chi connectivity index (χ0) is 14.5. The first-order chi connectivity index (χ1) is 10.9. The second-order valence-corrected chi connectivity index (χ2v) is 6.09. The Morgan fingerprint density at radius 3 is 2.26 bits per heavy atom. The summed E-state index contributed by atoms with van der Waals surface area (Å²) in [5, 5.41) is 11.7. The molecule has 0 bridgehead atoms. The van der Waals surface area contributed by atoms with Crippen LogP contribution >= 0.6 is 12.4 Å². The number of benzene rings is 4. The van der Waals surface area contributed by atoms with Crippen LogP contribution in [0, 0.1) is 0 Å². The van der Waals surface area contributed by atoms with Gasteiger partial charge in [-0.05, 0) is 37.9 Å². The summed E-state index contributed by atoms with van der Waals surface area (Å²) in [6.45, 7) is 2.49. The van der Waals surface area contributed by atoms with E-state index in [4.69, 9.17) is 4.74 Å². The highest BCUT2D eigenvalue weighted by molar-refractivity contribution is 6.23. The summed E-state index contributed by atoms with van der Waals surface area (Å²) < 4.78 is 5.66. The third-order valence-corrected chi connectivity index (χ3v) is 4.86. The lowest BCUT2D eigenvalue weighted by Crippen LogP contribution is -2.34. The second kappa shape index (κ2) is 5.64. The monoisotopic (exact) mass is 323 g/mol. The number of halogens is 1. The van der Waals surface area contributed by atoms with Crippen molar-refractivity contribution in [1.82, 2.24) is 5.32 Å². The molecular formula is C20H18ClNO. The smallest absolute Gasteiger partial charge is 0.0662 e. The van der Waals surface area contributed by atoms with E-state index in [0.717, 1.165) is 19.8 Å². The van der Waals surface area contributed by atoms with Gasteiger partial charge < -0.3 is 10.1 Å². The lowest BCUT2D eigenvalue weighted by atomic mass is 9.90. The first kappa shape index (κ1) is 14.7. The molecular weight excluding hydrogens is 306 g/mol. The third kappa shape index (κ3) is 2.18. The van der Waals surface area contributed by atoms with E-state index in [1.165, 1.54) is 37.9 Å². The molecule has 1 saturated heterocycles. The molecule has 1 N–H and O–H groups in total. The van der Waals surface area contributed by atoms with Gasteiger partial charge in [0.05, 0.1) is 19.3 Å². The Balaban J connectivity index is 0.00000135. The zero-order valence-corrected chi connectivity index (χ0v) is 13.5. The van der Waals surface area contributed by atoms with Crippen LogP contribution in [-0.2, 0) is 4.74 Å². The molecule has 4 aromatic carbocycles. The molecule has 5 rings (SSSR count). The first-order valence-electron chi connectivity index (χ1n) is 7.89. The van der Waals surface area contributed by atoms with Crippen LogP contribution < -0.4 is 5.32 Å². The Labute approximate surface area is 141 Å². The van der Waals surface area contributed by atoms with Gasteiger partial charge in [0.2, 0.25) is 0 Å². The molecule has 2 nitrogen and oxygen atoms in total. The minimum absolute atomic E-state index is 0. The average molecular weight is 324 g/mol. The molecule has 0 spiro atoms. The molecule has 3 heteroatoms. The van der Waals surface area contributed by atoms with Gasteiger partial charge in [0, 0.05) is 6.54 Å². The van der Waals surface area contributed by atoms with Crippen LogP contribution in [0.5, 0.6) is 0 Å². The Kier molecular flexibility index (Phi) is 3.61. The minimum atomic E-state index is 0. The van der Waals surface area contributed by atoms with Gasteiger partial charge in [0.25, 0.3) is 0 Å². The first-order valence-corrected chi connectivity index (χ1v) is 7.89. The largest absolute Gasteiger partial charge is 0.378 e. The standard InChI is InChI=1S/C20H17NO.ClH/c1-2-13-4-5-15-6-8-16(18-12-22-11-10-21-18)17-9-7-14(3-1)19(13)20(15)17;/h1-9,18,21H,10-12H2;1H/t18-;/m1./s1. The van der Waals surface area contributed by atoms with Crippen molar-refractivity contribution in [3.8, 4) is 0 Å². The summed E-state index contributed by atoms with van der Waals surface area (Å²) in [6, 6.07) is 20.3. The lowest BCUT2D eigenvalue weighted by Gasteiger charge is -2.26. The Bertz CT molecular complexity index is 959. The highest BCUT2D eigenvalue weighted by atomic mass is 35.5. The molecule has 1 aliphatic rings. The number of rotatable bonds is 1. The van der Waals surface area contributed by atoms with Gasteiger partial charge in [-0.1, -0.05) is 54.6 Å². The quantitative estimate of drug-likeness (QED) is 0.514. The van der Waals surface area contributed by atoms with Crippen LogP contribution in [0.15, 0.2) is 54.6 Å². The van der Waals surface area contributed by atoms with Gasteiger partial charge in [0.1, 0.15) is 0 Å². The topological polar surface area (TPSA) is 21.3 Å². The summed E-state index contributed by atoms with van der Waals surface area (Å²) in [6.07, 6.45) is 0. The highest BCUT2D eigenvalue weighted by Gasteiger charge is 2.19. The molecule has 4 aromatic rings. The van der Waals surface area contributed by atoms with Gasteiger partial charge in [-0.25, -0.2) is 0 Å². The van der Waals surface area contributed by atoms with Gasteiger partial charge in [-0.15, -0.1) is 12.4 Å². The van der Waals surface area contributed by atoms with Gasteiger partial charge in [-0.2, -0.15) is 0 Å². The van der Waals surface area contributed by atoms with Crippen molar-refractivity contribution < 1.29 is 4.74 Å². The normalized spacial score (nSPS) is 18.5. The summed E-state index contributed by atoms with van der Waals surface area (Å²) >= 11 is 0. The van der Waals surface area contributed by atoms with Crippen molar-refractivity contribution >= 4 is 44.7 Å². The molecule has 0 aliphatic carbocycles. The van der Waals surface area contributed by atoms with Gasteiger partial charge in [0.15, 0.2) is 0 Å². The van der Waals surface area contributed by atoms with E-state index in [-0.39, 0.29) is 12.4 Å². The Morgan fingerprint density at radius 1 is 0.826 bits per heavy atom. The van der Waals surface area contributed by atoms with E-state index < -0.39 is 0 Å². The van der Waals surface area contributed by atoms with E-state index >= 15 is 0 Å². The number of hydrogen-bond acceptors (Lipinski definition) is 2. The summed E-state index contributed by atoms with van der Waals surface area (Å²) in [5.41, 5.74) is 1.35. The van der Waals surface area contributed by atoms with Crippen molar-refractivity contribution in [3.63, 3.8) is 0 Å². The zero-order valence-electron chi connectivity index (χ0n) is 12.7. The van der Waals surface area contributed by atoms with Gasteiger partial charge >= 0.3 is 0 Å². The molecule has 0 unspecified atom stereocenters. The van der Waals surface area contributed by atoms with Crippen molar-refractivity contribution in [3.05, 3.63) is 60.2 Å². The SMILES string of the molecule is Cl.c1cc2ccc3ccc([C@H]4COCCN4)c4ccc(c1)c2c34. The molecule has 116 valence electrons. The summed E-state index contributed by atoms with van der Waals surface area (Å²) in [5.74, 6) is 0. The maximum atomic E-state index is 5.66. The molecule has 1 aliphatic heterocycles. The van der Waals surface area contributed by atoms with E-state index in [1.54, 1.807) is 0 Å². The minimum Gasteiger partial charge on any atom is -0.378 e. The third-order valence-electron chi connectivity index (χ3n) is 4.86. The predicted molar refractivity (Wildman–Crippen MR) is 99.0 cm³/mol. The molecule has 0 saturated carbocycles. The summed E-state index contributed by atoms with van der Waals surface area (Å²) in [7, 11) is 0. The Hall–Kier alpha value is -1.87. The van der Waals surface area contributed by atoms with E-state index in [9.17, 15) is 0 Å². The lowest BCUT2D eigenvalue weighted by molar-refractivity contribution is 0.0773. The molecule has 23 heavy (non-hydrogen) atoms. The van der Waals surface area contributed by atoms with Crippen LogP contribution in [0.2, 0.25) is 0 Å². The van der Waals surface area contributed by atoms with Gasteiger partial charge in [-0.3, -0.25) is 0 Å². The fraction of sp³-hybridized carbons (Fsp3) is 0.200. The van der Waals surface area contributed by atoms with Crippen LogP contribution in [0.25, 0.3) is 32.3 Å². The fourth-order valence-electron chi connectivity index (χ4n) is 3.83. The molecule has 1 fully saturated rings. The number of morpholine rings is 1. The maximum absolute atomic E-state index is 5.66. The maximum Gasteiger partial charge on any atom is 0.0662 e. The number of nitrogens with one attached hydrogen (secondary N) is 1. The van der Waals surface area contributed by atoms with E-state index in [1.807, 2.05) is 0 Å². The van der Waals surface area contributed by atoms with Crippen molar-refractivity contribution in [1.29, 1.82) is 0 Å². The molecule has 0 aromatic heterocycles. The van der Waals surface area contributed by atoms with Crippen LogP contribution in [-0.4, -0.2) is 19.8 Å². The predicted octanol–water partition coefficient (Wildman–Crippen LogP) is 4.67. The summed E-state index contributed by atoms with van der Waals surface area (Å²) in [4.78, 5) is 0. The molecule has 0 amide bonds. The fourth-order valence-corrected chi connectivity index (χ4v) is 3.83. The molecule has 1 atom stereocenters. The van der Waals surface area contributed by atoms with E-state index in [2.05, 4.69) is 59.9 Å². The van der Waals surface area contributed by atoms with Crippen molar-refractivity contribution in [2.24, 2.45) is 0 Å². The Morgan fingerprint density at radius 2 is 1.52 bits per heavy atom.